The predicted molar refractivity (Wildman–Crippen MR) is 116 cm³/mol. The number of rotatable bonds is 4. The number of esters is 1. The van der Waals surface area contributed by atoms with Crippen LogP contribution in [0, 0.1) is 0 Å². The summed E-state index contributed by atoms with van der Waals surface area (Å²) in [6.07, 6.45) is 1.50. The third kappa shape index (κ3) is 2.93. The molecule has 0 saturated carbocycles. The van der Waals surface area contributed by atoms with E-state index >= 15 is 0 Å². The molecule has 6 heteroatoms. The highest BCUT2D eigenvalue weighted by molar-refractivity contribution is 6.03. The molecule has 1 aromatic heterocycles. The van der Waals surface area contributed by atoms with Gasteiger partial charge in [0, 0.05) is 0 Å². The second-order valence-electron chi connectivity index (χ2n) is 7.00. The number of hydrogen-bond donors (Lipinski definition) is 1. The van der Waals surface area contributed by atoms with E-state index in [0.29, 0.717) is 17.2 Å². The van der Waals surface area contributed by atoms with Crippen LogP contribution in [-0.2, 0) is 9.53 Å². The minimum absolute atomic E-state index is 0.289. The zero-order chi connectivity index (χ0) is 20.5. The first-order valence-electron chi connectivity index (χ1n) is 9.89. The Morgan fingerprint density at radius 2 is 1.80 bits per heavy atom. The van der Waals surface area contributed by atoms with Gasteiger partial charge in [-0.15, -0.1) is 0 Å². The molecule has 1 atom stereocenters. The molecule has 1 aliphatic rings. The summed E-state index contributed by atoms with van der Waals surface area (Å²) in [7, 11) is 0. The summed E-state index contributed by atoms with van der Waals surface area (Å²) >= 11 is 0. The highest BCUT2D eigenvalue weighted by Crippen LogP contribution is 2.40. The number of nitrogens with one attached hydrogen (secondary N) is 1. The summed E-state index contributed by atoms with van der Waals surface area (Å²) in [4.78, 5) is 17.6. The summed E-state index contributed by atoms with van der Waals surface area (Å²) in [6.45, 7) is 2.10. The number of ether oxygens (including phenoxy) is 1. The maximum atomic E-state index is 13.3. The van der Waals surface area contributed by atoms with Crippen molar-refractivity contribution in [2.75, 3.05) is 11.9 Å². The Balaban J connectivity index is 1.82. The minimum atomic E-state index is -0.468. The van der Waals surface area contributed by atoms with E-state index in [-0.39, 0.29) is 12.6 Å². The number of nitrogens with zero attached hydrogens (tertiary/aromatic N) is 3. The van der Waals surface area contributed by atoms with E-state index in [9.17, 15) is 4.79 Å². The number of anilines is 1. The second-order valence-corrected chi connectivity index (χ2v) is 7.00. The molecular formula is C24H20N4O2. The molecule has 0 saturated heterocycles. The van der Waals surface area contributed by atoms with Crippen molar-refractivity contribution in [1.29, 1.82) is 0 Å². The third-order valence-electron chi connectivity index (χ3n) is 5.27. The van der Waals surface area contributed by atoms with Crippen LogP contribution < -0.4 is 5.32 Å². The molecule has 6 nitrogen and oxygen atoms in total. The molecule has 0 bridgehead atoms. The van der Waals surface area contributed by atoms with Crippen LogP contribution in [-0.4, -0.2) is 27.3 Å². The summed E-state index contributed by atoms with van der Waals surface area (Å²) in [5.41, 5.74) is 3.06. The van der Waals surface area contributed by atoms with Crippen molar-refractivity contribution in [3.8, 4) is 0 Å². The highest BCUT2D eigenvalue weighted by Gasteiger charge is 2.36. The molecule has 30 heavy (non-hydrogen) atoms. The number of carbonyl (C=O) groups is 1. The summed E-state index contributed by atoms with van der Waals surface area (Å²) in [5.74, 6) is 0.211. The second kappa shape index (κ2) is 7.48. The number of benzene rings is 3. The topological polar surface area (TPSA) is 69.0 Å². The summed E-state index contributed by atoms with van der Waals surface area (Å²) in [5, 5.41) is 9.90. The molecule has 148 valence electrons. The maximum Gasteiger partial charge on any atom is 0.338 e. The van der Waals surface area contributed by atoms with Gasteiger partial charge in [-0.05, 0) is 28.8 Å². The Bertz CT molecular complexity index is 1260. The Kier molecular flexibility index (Phi) is 4.52. The van der Waals surface area contributed by atoms with Crippen molar-refractivity contribution >= 4 is 28.4 Å². The quantitative estimate of drug-likeness (QED) is 0.517. The normalized spacial score (nSPS) is 15.6. The molecule has 0 aliphatic carbocycles. The van der Waals surface area contributed by atoms with Crippen LogP contribution in [0.15, 0.2) is 84.7 Å². The monoisotopic (exact) mass is 396 g/mol. The van der Waals surface area contributed by atoms with E-state index in [4.69, 9.17) is 4.74 Å². The lowest BCUT2D eigenvalue weighted by atomic mass is 9.90. The Labute approximate surface area is 173 Å². The Morgan fingerprint density at radius 3 is 2.63 bits per heavy atom. The fourth-order valence-electron chi connectivity index (χ4n) is 4.00. The van der Waals surface area contributed by atoms with Gasteiger partial charge in [0.05, 0.1) is 17.9 Å². The first-order valence-corrected chi connectivity index (χ1v) is 9.89. The Hall–Kier alpha value is -3.93. The maximum absolute atomic E-state index is 13.3. The van der Waals surface area contributed by atoms with Crippen molar-refractivity contribution in [2.24, 2.45) is 0 Å². The summed E-state index contributed by atoms with van der Waals surface area (Å²) in [6, 6.07) is 23.5. The fourth-order valence-corrected chi connectivity index (χ4v) is 4.00. The minimum Gasteiger partial charge on any atom is -0.463 e. The fraction of sp³-hybridized carbons (Fsp3) is 0.125. The standard InChI is InChI=1S/C24H20N4O2/c1-2-30-23(29)20-21(17-10-4-3-5-11-17)27-24-25-15-26-28(24)22(20)19-14-8-12-16-9-6-7-13-18(16)19/h3-15,22H,2H2,1H3,(H,25,26,27). The van der Waals surface area contributed by atoms with Crippen LogP contribution in [0.5, 0.6) is 0 Å². The molecule has 0 radical (unpaired) electrons. The smallest absolute Gasteiger partial charge is 0.338 e. The predicted octanol–water partition coefficient (Wildman–Crippen LogP) is 4.42. The Morgan fingerprint density at radius 1 is 1.03 bits per heavy atom. The van der Waals surface area contributed by atoms with Gasteiger partial charge in [0.2, 0.25) is 5.95 Å². The van der Waals surface area contributed by atoms with E-state index in [2.05, 4.69) is 33.6 Å². The van der Waals surface area contributed by atoms with Gasteiger partial charge < -0.3 is 10.1 Å². The van der Waals surface area contributed by atoms with Gasteiger partial charge in [-0.2, -0.15) is 10.1 Å². The number of fused-ring (bicyclic) bond motifs is 2. The lowest BCUT2D eigenvalue weighted by Gasteiger charge is -2.30. The number of carbonyl (C=O) groups excluding carboxylic acids is 1. The zero-order valence-corrected chi connectivity index (χ0v) is 16.4. The van der Waals surface area contributed by atoms with Crippen LogP contribution in [0.4, 0.5) is 5.95 Å². The SMILES string of the molecule is CCOC(=O)C1=C(c2ccccc2)Nc2ncnn2C1c1cccc2ccccc12. The van der Waals surface area contributed by atoms with Crippen molar-refractivity contribution in [2.45, 2.75) is 13.0 Å². The van der Waals surface area contributed by atoms with Crippen molar-refractivity contribution in [1.82, 2.24) is 14.8 Å². The van der Waals surface area contributed by atoms with Crippen molar-refractivity contribution in [3.05, 3.63) is 95.8 Å². The molecule has 1 N–H and O–H groups in total. The number of hydrogen-bond acceptors (Lipinski definition) is 5. The first-order chi connectivity index (χ1) is 14.8. The molecule has 3 aromatic carbocycles. The molecular weight excluding hydrogens is 376 g/mol. The van der Waals surface area contributed by atoms with E-state index in [1.54, 1.807) is 4.68 Å². The van der Waals surface area contributed by atoms with Crippen LogP contribution in [0.25, 0.3) is 16.5 Å². The van der Waals surface area contributed by atoms with Gasteiger partial charge in [-0.1, -0.05) is 72.8 Å². The first kappa shape index (κ1) is 18.1. The third-order valence-corrected chi connectivity index (χ3v) is 5.27. The van der Waals surface area contributed by atoms with Crippen LogP contribution in [0.2, 0.25) is 0 Å². The van der Waals surface area contributed by atoms with Crippen LogP contribution in [0.3, 0.4) is 0 Å². The van der Waals surface area contributed by atoms with Gasteiger partial charge >= 0.3 is 5.97 Å². The van der Waals surface area contributed by atoms with Gasteiger partial charge in [-0.3, -0.25) is 0 Å². The molecule has 0 spiro atoms. The van der Waals surface area contributed by atoms with E-state index in [0.717, 1.165) is 21.9 Å². The molecule has 0 amide bonds. The largest absolute Gasteiger partial charge is 0.463 e. The average Bonchev–Trinajstić information content (AvgIpc) is 3.27. The molecule has 0 fully saturated rings. The van der Waals surface area contributed by atoms with Gasteiger partial charge in [0.15, 0.2) is 0 Å². The molecule has 1 aliphatic heterocycles. The van der Waals surface area contributed by atoms with Gasteiger partial charge in [0.1, 0.15) is 12.4 Å². The molecule has 5 rings (SSSR count). The average molecular weight is 396 g/mol. The van der Waals surface area contributed by atoms with Crippen molar-refractivity contribution in [3.63, 3.8) is 0 Å². The summed E-state index contributed by atoms with van der Waals surface area (Å²) < 4.78 is 7.24. The van der Waals surface area contributed by atoms with E-state index in [1.165, 1.54) is 6.33 Å². The zero-order valence-electron chi connectivity index (χ0n) is 16.4. The van der Waals surface area contributed by atoms with Crippen LogP contribution >= 0.6 is 0 Å². The molecule has 1 unspecified atom stereocenters. The molecule has 2 heterocycles. The van der Waals surface area contributed by atoms with E-state index < -0.39 is 6.04 Å². The van der Waals surface area contributed by atoms with Crippen molar-refractivity contribution < 1.29 is 9.53 Å². The lowest BCUT2D eigenvalue weighted by Crippen LogP contribution is -2.30. The lowest BCUT2D eigenvalue weighted by molar-refractivity contribution is -0.138. The van der Waals surface area contributed by atoms with E-state index in [1.807, 2.05) is 61.5 Å². The number of aromatic nitrogens is 3. The van der Waals surface area contributed by atoms with Gasteiger partial charge in [-0.25, -0.2) is 9.48 Å². The van der Waals surface area contributed by atoms with Gasteiger partial charge in [0.25, 0.3) is 0 Å². The highest BCUT2D eigenvalue weighted by atomic mass is 16.5. The molecule has 4 aromatic rings. The van der Waals surface area contributed by atoms with Crippen LogP contribution in [0.1, 0.15) is 24.1 Å².